The number of nitrogens with one attached hydrogen (secondary N) is 1. The first kappa shape index (κ1) is 14.8. The van der Waals surface area contributed by atoms with Crippen LogP contribution in [0.5, 0.6) is 0 Å². The van der Waals surface area contributed by atoms with E-state index in [1.54, 1.807) is 30.3 Å². The first-order chi connectivity index (χ1) is 8.77. The second-order valence-electron chi connectivity index (χ2n) is 4.56. The van der Waals surface area contributed by atoms with E-state index in [-0.39, 0.29) is 17.3 Å². The Morgan fingerprint density at radius 1 is 1.21 bits per heavy atom. The molecule has 0 aliphatic carbocycles. The van der Waals surface area contributed by atoms with Gasteiger partial charge in [0.05, 0.1) is 28.7 Å². The first-order valence-corrected chi connectivity index (χ1v) is 9.57. The van der Waals surface area contributed by atoms with Crippen molar-refractivity contribution in [3.8, 4) is 0 Å². The zero-order valence-electron chi connectivity index (χ0n) is 9.99. The summed E-state index contributed by atoms with van der Waals surface area (Å²) in [5, 5.41) is -0.712. The van der Waals surface area contributed by atoms with Crippen LogP contribution in [0.3, 0.4) is 0 Å². The summed E-state index contributed by atoms with van der Waals surface area (Å²) in [7, 11) is -6.85. The van der Waals surface area contributed by atoms with E-state index < -0.39 is 31.3 Å². The van der Waals surface area contributed by atoms with Crippen LogP contribution < -0.4 is 4.72 Å². The van der Waals surface area contributed by atoms with E-state index in [9.17, 15) is 16.8 Å². The lowest BCUT2D eigenvalue weighted by Gasteiger charge is -2.14. The van der Waals surface area contributed by atoms with Gasteiger partial charge in [0.2, 0.25) is 10.0 Å². The Morgan fingerprint density at radius 3 is 2.37 bits per heavy atom. The molecule has 0 bridgehead atoms. The monoisotopic (exact) mass is 323 g/mol. The average Bonchev–Trinajstić information content (AvgIpc) is 2.51. The van der Waals surface area contributed by atoms with E-state index in [0.29, 0.717) is 5.56 Å². The number of rotatable bonds is 4. The fourth-order valence-electron chi connectivity index (χ4n) is 1.98. The van der Waals surface area contributed by atoms with Gasteiger partial charge in [0.25, 0.3) is 0 Å². The van der Waals surface area contributed by atoms with Gasteiger partial charge in [0.1, 0.15) is 0 Å². The number of alkyl halides is 1. The summed E-state index contributed by atoms with van der Waals surface area (Å²) in [6.45, 7) is 0. The van der Waals surface area contributed by atoms with Gasteiger partial charge in [0, 0.05) is 0 Å². The Morgan fingerprint density at radius 2 is 1.84 bits per heavy atom. The summed E-state index contributed by atoms with van der Waals surface area (Å²) >= 11 is 5.87. The van der Waals surface area contributed by atoms with Gasteiger partial charge in [-0.25, -0.2) is 21.6 Å². The van der Waals surface area contributed by atoms with E-state index in [0.717, 1.165) is 0 Å². The second-order valence-corrected chi connectivity index (χ2v) is 9.03. The molecule has 2 rings (SSSR count). The molecule has 5 nitrogen and oxygen atoms in total. The molecule has 1 aliphatic rings. The van der Waals surface area contributed by atoms with Gasteiger partial charge >= 0.3 is 0 Å². The van der Waals surface area contributed by atoms with Crippen molar-refractivity contribution < 1.29 is 16.8 Å². The molecule has 1 saturated heterocycles. The molecule has 8 heteroatoms. The molecule has 0 aromatic heterocycles. The number of benzene rings is 1. The Labute approximate surface area is 117 Å². The molecular weight excluding hydrogens is 310 g/mol. The topological polar surface area (TPSA) is 80.3 Å². The second kappa shape index (κ2) is 5.40. The number of sulfonamides is 1. The highest BCUT2D eigenvalue weighted by molar-refractivity contribution is 7.92. The molecule has 0 saturated carbocycles. The lowest BCUT2D eigenvalue weighted by Crippen LogP contribution is -2.41. The van der Waals surface area contributed by atoms with Crippen LogP contribution in [-0.2, 0) is 25.6 Å². The van der Waals surface area contributed by atoms with Crippen molar-refractivity contribution in [2.45, 2.75) is 17.2 Å². The summed E-state index contributed by atoms with van der Waals surface area (Å²) < 4.78 is 49.0. The summed E-state index contributed by atoms with van der Waals surface area (Å²) in [6.07, 6.45) is 0. The molecule has 106 valence electrons. The van der Waals surface area contributed by atoms with Gasteiger partial charge in [-0.05, 0) is 5.56 Å². The van der Waals surface area contributed by atoms with Crippen molar-refractivity contribution >= 4 is 31.5 Å². The Balaban J connectivity index is 2.06. The summed E-state index contributed by atoms with van der Waals surface area (Å²) in [6, 6.07) is 7.93. The Bertz CT molecular complexity index is 643. The average molecular weight is 324 g/mol. The van der Waals surface area contributed by atoms with Gasteiger partial charge in [-0.2, -0.15) is 0 Å². The van der Waals surface area contributed by atoms with Crippen molar-refractivity contribution in [3.63, 3.8) is 0 Å². The summed E-state index contributed by atoms with van der Waals surface area (Å²) in [4.78, 5) is 0. The normalized spacial score (nSPS) is 26.4. The molecule has 2 atom stereocenters. The lowest BCUT2D eigenvalue weighted by molar-refractivity contribution is 0.562. The van der Waals surface area contributed by atoms with Crippen LogP contribution in [0.15, 0.2) is 30.3 Å². The zero-order chi connectivity index (χ0) is 14.1. The molecule has 1 aliphatic heterocycles. The molecule has 1 aromatic carbocycles. The third kappa shape index (κ3) is 4.17. The quantitative estimate of drug-likeness (QED) is 0.819. The van der Waals surface area contributed by atoms with Crippen molar-refractivity contribution in [3.05, 3.63) is 35.9 Å². The highest BCUT2D eigenvalue weighted by Gasteiger charge is 2.38. The van der Waals surface area contributed by atoms with E-state index in [2.05, 4.69) is 4.72 Å². The van der Waals surface area contributed by atoms with Gasteiger partial charge in [-0.1, -0.05) is 30.3 Å². The number of halogens is 1. The molecule has 1 N–H and O–H groups in total. The third-order valence-corrected chi connectivity index (χ3v) is 6.56. The van der Waals surface area contributed by atoms with E-state index >= 15 is 0 Å². The van der Waals surface area contributed by atoms with E-state index in [1.165, 1.54) is 0 Å². The van der Waals surface area contributed by atoms with Crippen LogP contribution in [0.2, 0.25) is 0 Å². The molecular formula is C11H14ClNO4S2. The van der Waals surface area contributed by atoms with Crippen molar-refractivity contribution in [1.82, 2.24) is 4.72 Å². The predicted octanol–water partition coefficient (Wildman–Crippen LogP) is 0.510. The molecule has 0 radical (unpaired) electrons. The predicted molar refractivity (Wildman–Crippen MR) is 74.3 cm³/mol. The smallest absolute Gasteiger partial charge is 0.216 e. The van der Waals surface area contributed by atoms with Crippen LogP contribution in [0, 0.1) is 0 Å². The number of hydrogen-bond acceptors (Lipinski definition) is 4. The third-order valence-electron chi connectivity index (χ3n) is 2.81. The summed E-state index contributed by atoms with van der Waals surface area (Å²) in [5.41, 5.74) is 0.641. The maximum absolute atomic E-state index is 11.9. The molecule has 0 spiro atoms. The van der Waals surface area contributed by atoms with Gasteiger partial charge in [0.15, 0.2) is 9.84 Å². The van der Waals surface area contributed by atoms with Crippen LogP contribution in [0.25, 0.3) is 0 Å². The van der Waals surface area contributed by atoms with E-state index in [4.69, 9.17) is 11.6 Å². The number of hydrogen-bond donors (Lipinski definition) is 1. The van der Waals surface area contributed by atoms with Crippen LogP contribution in [0.1, 0.15) is 5.56 Å². The molecule has 0 amide bonds. The molecule has 1 aromatic rings. The maximum atomic E-state index is 11.9. The van der Waals surface area contributed by atoms with Gasteiger partial charge in [-0.15, -0.1) is 11.6 Å². The Hall–Kier alpha value is -0.630. The molecule has 19 heavy (non-hydrogen) atoms. The van der Waals surface area contributed by atoms with Crippen LogP contribution in [0.4, 0.5) is 0 Å². The van der Waals surface area contributed by atoms with Crippen molar-refractivity contribution in [2.24, 2.45) is 0 Å². The Kier molecular flexibility index (Phi) is 4.20. The molecule has 2 unspecified atom stereocenters. The lowest BCUT2D eigenvalue weighted by atomic mass is 10.2. The van der Waals surface area contributed by atoms with Gasteiger partial charge < -0.3 is 0 Å². The van der Waals surface area contributed by atoms with Crippen molar-refractivity contribution in [2.75, 3.05) is 11.5 Å². The SMILES string of the molecule is O=S1(=O)CC(Cl)C(NS(=O)(=O)Cc2ccccc2)C1. The number of sulfone groups is 1. The molecule has 1 heterocycles. The summed E-state index contributed by atoms with van der Waals surface area (Å²) in [5.74, 6) is -0.615. The highest BCUT2D eigenvalue weighted by Crippen LogP contribution is 2.19. The van der Waals surface area contributed by atoms with E-state index in [1.807, 2.05) is 0 Å². The zero-order valence-corrected chi connectivity index (χ0v) is 12.4. The van der Waals surface area contributed by atoms with Crippen molar-refractivity contribution in [1.29, 1.82) is 0 Å². The fourth-order valence-corrected chi connectivity index (χ4v) is 6.13. The largest absolute Gasteiger partial charge is 0.229 e. The minimum Gasteiger partial charge on any atom is -0.229 e. The van der Waals surface area contributed by atoms with Gasteiger partial charge in [-0.3, -0.25) is 0 Å². The standard InChI is InChI=1S/C11H14ClNO4S2/c12-10-7-18(14,15)8-11(10)13-19(16,17)6-9-4-2-1-3-5-9/h1-5,10-11,13H,6-8H2. The highest BCUT2D eigenvalue weighted by atomic mass is 35.5. The molecule has 1 fully saturated rings. The minimum absolute atomic E-state index is 0.187. The minimum atomic E-state index is -3.60. The first-order valence-electron chi connectivity index (χ1n) is 5.66. The van der Waals surface area contributed by atoms with Crippen LogP contribution >= 0.6 is 11.6 Å². The maximum Gasteiger partial charge on any atom is 0.216 e. The fraction of sp³-hybridized carbons (Fsp3) is 0.455. The van der Waals surface area contributed by atoms with Crippen LogP contribution in [-0.4, -0.2) is 39.8 Å².